The van der Waals surface area contributed by atoms with Crippen LogP contribution in [0.3, 0.4) is 0 Å². The van der Waals surface area contributed by atoms with E-state index in [4.69, 9.17) is 5.73 Å². The number of nitrogens with two attached hydrogens (primary N) is 1. The zero-order chi connectivity index (χ0) is 12.4. The normalized spacial score (nSPS) is 16.5. The molecule has 0 amide bonds. The lowest BCUT2D eigenvalue weighted by molar-refractivity contribution is -0.383. The van der Waals surface area contributed by atoms with E-state index in [0.717, 1.165) is 12.8 Å². The molecule has 1 aliphatic carbocycles. The average molecular weight is 237 g/mol. The predicted octanol–water partition coefficient (Wildman–Crippen LogP) is 1.36. The van der Waals surface area contributed by atoms with Crippen LogP contribution in [-0.4, -0.2) is 22.7 Å². The van der Waals surface area contributed by atoms with Crippen molar-refractivity contribution in [3.8, 4) is 0 Å². The van der Waals surface area contributed by atoms with Crippen molar-refractivity contribution in [2.75, 3.05) is 17.6 Å². The lowest BCUT2D eigenvalue weighted by Crippen LogP contribution is -2.21. The van der Waals surface area contributed by atoms with Gasteiger partial charge in [-0.3, -0.25) is 10.1 Å². The van der Waals surface area contributed by atoms with Crippen molar-refractivity contribution in [1.29, 1.82) is 0 Å². The highest BCUT2D eigenvalue weighted by atomic mass is 16.6. The van der Waals surface area contributed by atoms with Crippen LogP contribution in [-0.2, 0) is 0 Å². The molecule has 1 fully saturated rings. The molecule has 2 rings (SSSR count). The summed E-state index contributed by atoms with van der Waals surface area (Å²) in [6.07, 6.45) is 1.61. The number of nitro benzene ring substituents is 1. The largest absolute Gasteiger partial charge is 0.393 e. The molecular weight excluding hydrogens is 222 g/mol. The first-order valence-corrected chi connectivity index (χ1v) is 5.54. The molecule has 1 aliphatic rings. The van der Waals surface area contributed by atoms with Crippen LogP contribution in [0.2, 0.25) is 0 Å². The Morgan fingerprint density at radius 2 is 2.29 bits per heavy atom. The number of nitro groups is 1. The van der Waals surface area contributed by atoms with Gasteiger partial charge in [-0.2, -0.15) is 0 Å². The molecule has 0 radical (unpaired) electrons. The molecule has 4 N–H and O–H groups in total. The zero-order valence-corrected chi connectivity index (χ0v) is 9.30. The third-order valence-electron chi connectivity index (χ3n) is 2.92. The van der Waals surface area contributed by atoms with Gasteiger partial charge in [0.25, 0.3) is 0 Å². The monoisotopic (exact) mass is 237 g/mol. The summed E-state index contributed by atoms with van der Waals surface area (Å²) < 4.78 is 0. The van der Waals surface area contributed by atoms with Gasteiger partial charge in [0.1, 0.15) is 11.4 Å². The van der Waals surface area contributed by atoms with E-state index in [2.05, 4.69) is 5.32 Å². The molecule has 17 heavy (non-hydrogen) atoms. The van der Waals surface area contributed by atoms with Crippen LogP contribution < -0.4 is 11.1 Å². The number of nitrogen functional groups attached to an aromatic ring is 1. The second-order valence-electron chi connectivity index (χ2n) is 4.29. The van der Waals surface area contributed by atoms with Crippen molar-refractivity contribution < 1.29 is 10.0 Å². The van der Waals surface area contributed by atoms with Crippen molar-refractivity contribution >= 4 is 17.1 Å². The van der Waals surface area contributed by atoms with Crippen molar-refractivity contribution in [3.05, 3.63) is 28.3 Å². The van der Waals surface area contributed by atoms with Crippen molar-refractivity contribution in [2.24, 2.45) is 5.92 Å². The van der Waals surface area contributed by atoms with Gasteiger partial charge in [-0.1, -0.05) is 6.07 Å². The van der Waals surface area contributed by atoms with E-state index in [-0.39, 0.29) is 11.4 Å². The first-order chi connectivity index (χ1) is 8.09. The van der Waals surface area contributed by atoms with Crippen LogP contribution >= 0.6 is 0 Å². The number of aliphatic hydroxyl groups is 1. The first-order valence-electron chi connectivity index (χ1n) is 5.54. The number of hydrogen-bond donors (Lipinski definition) is 3. The van der Waals surface area contributed by atoms with Crippen molar-refractivity contribution in [3.63, 3.8) is 0 Å². The minimum absolute atomic E-state index is 0.126. The maximum Gasteiger partial charge on any atom is 0.314 e. The second-order valence-corrected chi connectivity index (χ2v) is 4.29. The summed E-state index contributed by atoms with van der Waals surface area (Å²) in [5, 5.41) is 23.4. The molecule has 0 heterocycles. The summed E-state index contributed by atoms with van der Waals surface area (Å²) in [5.41, 5.74) is 5.91. The highest BCUT2D eigenvalue weighted by Gasteiger charge is 2.30. The number of aliphatic hydroxyl groups excluding tert-OH is 1. The summed E-state index contributed by atoms with van der Waals surface area (Å²) in [6.45, 7) is 0.314. The Kier molecular flexibility index (Phi) is 3.14. The molecule has 1 aromatic carbocycles. The highest BCUT2D eigenvalue weighted by molar-refractivity contribution is 5.74. The van der Waals surface area contributed by atoms with Gasteiger partial charge in [-0.05, 0) is 30.9 Å². The SMILES string of the molecule is Nc1cccc(NCC(O)C2CC2)c1[N+](=O)[O-]. The molecule has 6 heteroatoms. The number of para-hydroxylation sites is 1. The van der Waals surface area contributed by atoms with Gasteiger partial charge in [0.05, 0.1) is 11.0 Å². The smallest absolute Gasteiger partial charge is 0.314 e. The van der Waals surface area contributed by atoms with Gasteiger partial charge in [0.2, 0.25) is 0 Å². The molecule has 1 atom stereocenters. The number of anilines is 2. The fourth-order valence-electron chi connectivity index (χ4n) is 1.77. The van der Waals surface area contributed by atoms with Crippen LogP contribution in [0, 0.1) is 16.0 Å². The predicted molar refractivity (Wildman–Crippen MR) is 64.7 cm³/mol. The second kappa shape index (κ2) is 4.58. The molecule has 6 nitrogen and oxygen atoms in total. The Hall–Kier alpha value is -1.82. The van der Waals surface area contributed by atoms with E-state index in [1.807, 2.05) is 0 Å². The van der Waals surface area contributed by atoms with Gasteiger partial charge in [0, 0.05) is 6.54 Å². The lowest BCUT2D eigenvalue weighted by Gasteiger charge is -2.12. The van der Waals surface area contributed by atoms with E-state index >= 15 is 0 Å². The number of hydrogen-bond acceptors (Lipinski definition) is 5. The van der Waals surface area contributed by atoms with Crippen LogP contribution in [0.25, 0.3) is 0 Å². The third-order valence-corrected chi connectivity index (χ3v) is 2.92. The molecule has 0 aromatic heterocycles. The zero-order valence-electron chi connectivity index (χ0n) is 9.30. The molecule has 1 unspecified atom stereocenters. The van der Waals surface area contributed by atoms with E-state index < -0.39 is 11.0 Å². The minimum atomic E-state index is -0.513. The van der Waals surface area contributed by atoms with E-state index in [1.54, 1.807) is 12.1 Å². The number of nitrogens with one attached hydrogen (secondary N) is 1. The van der Waals surface area contributed by atoms with Gasteiger partial charge in [-0.15, -0.1) is 0 Å². The molecule has 0 saturated heterocycles. The van der Waals surface area contributed by atoms with E-state index in [9.17, 15) is 15.2 Å². The Labute approximate surface area is 98.6 Å². The Bertz CT molecular complexity index is 432. The summed E-state index contributed by atoms with van der Waals surface area (Å²) in [4.78, 5) is 10.3. The quantitative estimate of drug-likeness (QED) is 0.407. The average Bonchev–Trinajstić information content (AvgIpc) is 3.08. The molecular formula is C11H15N3O3. The van der Waals surface area contributed by atoms with Gasteiger partial charge in [0.15, 0.2) is 0 Å². The molecule has 1 saturated carbocycles. The molecule has 0 bridgehead atoms. The minimum Gasteiger partial charge on any atom is -0.393 e. The fraction of sp³-hybridized carbons (Fsp3) is 0.455. The summed E-state index contributed by atoms with van der Waals surface area (Å²) in [6, 6.07) is 4.73. The van der Waals surface area contributed by atoms with Gasteiger partial charge < -0.3 is 16.2 Å². The molecule has 0 aliphatic heterocycles. The fourth-order valence-corrected chi connectivity index (χ4v) is 1.77. The van der Waals surface area contributed by atoms with Crippen LogP contribution in [0.1, 0.15) is 12.8 Å². The standard InChI is InChI=1S/C11H15N3O3/c12-8-2-1-3-9(11(8)14(16)17)13-6-10(15)7-4-5-7/h1-3,7,10,13,15H,4-6,12H2. The summed E-state index contributed by atoms with van der Waals surface area (Å²) in [7, 11) is 0. The molecule has 0 spiro atoms. The van der Waals surface area contributed by atoms with E-state index in [0.29, 0.717) is 18.2 Å². The van der Waals surface area contributed by atoms with E-state index in [1.165, 1.54) is 6.07 Å². The van der Waals surface area contributed by atoms with Crippen LogP contribution in [0.15, 0.2) is 18.2 Å². The van der Waals surface area contributed by atoms with Crippen LogP contribution in [0.4, 0.5) is 17.1 Å². The van der Waals surface area contributed by atoms with Gasteiger partial charge in [-0.25, -0.2) is 0 Å². The lowest BCUT2D eigenvalue weighted by atomic mass is 10.2. The summed E-state index contributed by atoms with van der Waals surface area (Å²) >= 11 is 0. The van der Waals surface area contributed by atoms with Gasteiger partial charge >= 0.3 is 5.69 Å². The number of rotatable bonds is 5. The Balaban J connectivity index is 2.08. The topological polar surface area (TPSA) is 101 Å². The molecule has 1 aromatic rings. The maximum absolute atomic E-state index is 10.9. The van der Waals surface area contributed by atoms with Crippen molar-refractivity contribution in [1.82, 2.24) is 0 Å². The first kappa shape index (κ1) is 11.7. The molecule has 92 valence electrons. The summed E-state index contributed by atoms with van der Waals surface area (Å²) in [5.74, 6) is 0.336. The Morgan fingerprint density at radius 3 is 2.88 bits per heavy atom. The van der Waals surface area contributed by atoms with Crippen LogP contribution in [0.5, 0.6) is 0 Å². The number of nitrogens with zero attached hydrogens (tertiary/aromatic N) is 1. The maximum atomic E-state index is 10.9. The third kappa shape index (κ3) is 2.65. The number of benzene rings is 1. The highest BCUT2D eigenvalue weighted by Crippen LogP contribution is 2.34. The van der Waals surface area contributed by atoms with Crippen molar-refractivity contribution in [2.45, 2.75) is 18.9 Å². The Morgan fingerprint density at radius 1 is 1.59 bits per heavy atom.